The van der Waals surface area contributed by atoms with Crippen LogP contribution in [0.15, 0.2) is 72.8 Å². The summed E-state index contributed by atoms with van der Waals surface area (Å²) in [5.74, 6) is 0.0923. The van der Waals surface area contributed by atoms with Crippen molar-refractivity contribution in [3.05, 3.63) is 99.8 Å². The van der Waals surface area contributed by atoms with Gasteiger partial charge in [-0.2, -0.15) is 0 Å². The number of urea groups is 1. The Morgan fingerprint density at radius 3 is 2.25 bits per heavy atom. The molecule has 5 nitrogen and oxygen atoms in total. The Labute approximate surface area is 197 Å². The molecular formula is C25H21Cl2N3O2. The van der Waals surface area contributed by atoms with Crippen molar-refractivity contribution < 1.29 is 9.90 Å². The molecule has 0 bridgehead atoms. The van der Waals surface area contributed by atoms with Gasteiger partial charge in [-0.05, 0) is 72.9 Å². The molecule has 0 aromatic heterocycles. The Hall–Kier alpha value is -3.04. The van der Waals surface area contributed by atoms with Gasteiger partial charge < -0.3 is 10.4 Å². The van der Waals surface area contributed by atoms with E-state index in [4.69, 9.17) is 29.8 Å². The average Bonchev–Trinajstić information content (AvgIpc) is 3.65. The fourth-order valence-corrected chi connectivity index (χ4v) is 3.95. The topological polar surface area (TPSA) is 56.9 Å². The zero-order chi connectivity index (χ0) is 22.7. The molecule has 32 heavy (non-hydrogen) atoms. The summed E-state index contributed by atoms with van der Waals surface area (Å²) in [6.45, 7) is 7.38. The Bertz CT molecular complexity index is 1140. The fraction of sp³-hybridized carbons (Fsp3) is 0.200. The van der Waals surface area contributed by atoms with Gasteiger partial charge in [-0.1, -0.05) is 47.5 Å². The lowest BCUT2D eigenvalue weighted by atomic mass is 9.95. The van der Waals surface area contributed by atoms with Gasteiger partial charge in [-0.3, -0.25) is 4.90 Å². The molecule has 162 valence electrons. The van der Waals surface area contributed by atoms with Crippen LogP contribution < -0.4 is 10.2 Å². The molecule has 2 atom stereocenters. The van der Waals surface area contributed by atoms with Crippen molar-refractivity contribution in [1.82, 2.24) is 0 Å². The van der Waals surface area contributed by atoms with E-state index < -0.39 is 18.2 Å². The van der Waals surface area contributed by atoms with Crippen LogP contribution in [-0.2, 0) is 0 Å². The van der Waals surface area contributed by atoms with Crippen LogP contribution in [0.1, 0.15) is 24.4 Å². The van der Waals surface area contributed by atoms with E-state index in [0.29, 0.717) is 32.7 Å². The van der Waals surface area contributed by atoms with Crippen molar-refractivity contribution in [2.45, 2.75) is 25.0 Å². The molecule has 3 aromatic rings. The summed E-state index contributed by atoms with van der Waals surface area (Å²) >= 11 is 12.1. The maximum Gasteiger partial charge on any atom is 0.326 e. The Kier molecular flexibility index (Phi) is 6.66. The molecular weight excluding hydrogens is 445 g/mol. The highest BCUT2D eigenvalue weighted by Gasteiger charge is 2.41. The monoisotopic (exact) mass is 465 g/mol. The van der Waals surface area contributed by atoms with Crippen LogP contribution in [0.3, 0.4) is 0 Å². The van der Waals surface area contributed by atoms with Crippen molar-refractivity contribution >= 4 is 46.3 Å². The molecule has 0 spiro atoms. The second-order valence-electron chi connectivity index (χ2n) is 7.76. The molecule has 0 radical (unpaired) electrons. The number of aliphatic hydroxyl groups is 1. The normalized spacial score (nSPS) is 14.8. The van der Waals surface area contributed by atoms with Gasteiger partial charge in [0, 0.05) is 21.4 Å². The molecule has 1 fully saturated rings. The lowest BCUT2D eigenvalue weighted by Crippen LogP contribution is -2.44. The quantitative estimate of drug-likeness (QED) is 0.381. The number of nitrogens with one attached hydrogen (secondary N) is 1. The van der Waals surface area contributed by atoms with Crippen LogP contribution in [0.25, 0.3) is 4.85 Å². The van der Waals surface area contributed by atoms with Crippen LogP contribution in [0, 0.1) is 12.5 Å². The summed E-state index contributed by atoms with van der Waals surface area (Å²) in [5, 5.41) is 15.3. The predicted octanol–water partition coefficient (Wildman–Crippen LogP) is 7.09. The van der Waals surface area contributed by atoms with Crippen LogP contribution in [0.5, 0.6) is 0 Å². The Morgan fingerprint density at radius 2 is 1.66 bits per heavy atom. The first-order valence-electron chi connectivity index (χ1n) is 10.2. The van der Waals surface area contributed by atoms with Crippen molar-refractivity contribution in [2.24, 2.45) is 5.92 Å². The third-order valence-corrected chi connectivity index (χ3v) is 5.97. The molecule has 3 aromatic carbocycles. The number of benzene rings is 3. The summed E-state index contributed by atoms with van der Waals surface area (Å²) in [7, 11) is 0. The minimum Gasteiger partial charge on any atom is -0.390 e. The Balaban J connectivity index is 1.78. The minimum absolute atomic E-state index is 0.0923. The smallest absolute Gasteiger partial charge is 0.326 e. The van der Waals surface area contributed by atoms with E-state index >= 15 is 0 Å². The van der Waals surface area contributed by atoms with E-state index in [1.807, 2.05) is 6.07 Å². The van der Waals surface area contributed by atoms with E-state index in [1.54, 1.807) is 66.7 Å². The van der Waals surface area contributed by atoms with Gasteiger partial charge in [0.05, 0.1) is 18.7 Å². The molecule has 2 unspecified atom stereocenters. The fourth-order valence-electron chi connectivity index (χ4n) is 3.70. The molecule has 0 saturated heterocycles. The number of hydrogen-bond acceptors (Lipinski definition) is 2. The van der Waals surface area contributed by atoms with Crippen LogP contribution in [0.4, 0.5) is 21.9 Å². The van der Waals surface area contributed by atoms with Gasteiger partial charge in [0.25, 0.3) is 0 Å². The molecule has 1 saturated carbocycles. The molecule has 0 heterocycles. The highest BCUT2D eigenvalue weighted by molar-refractivity contribution is 6.31. The average molecular weight is 466 g/mol. The number of hydrogen-bond donors (Lipinski definition) is 2. The van der Waals surface area contributed by atoms with E-state index in [0.717, 1.165) is 12.8 Å². The summed E-state index contributed by atoms with van der Waals surface area (Å²) in [4.78, 5) is 18.6. The Morgan fingerprint density at radius 1 is 1.03 bits per heavy atom. The van der Waals surface area contributed by atoms with Gasteiger partial charge in [0.1, 0.15) is 0 Å². The van der Waals surface area contributed by atoms with E-state index in [2.05, 4.69) is 10.2 Å². The van der Waals surface area contributed by atoms with Crippen molar-refractivity contribution in [1.29, 1.82) is 0 Å². The summed E-state index contributed by atoms with van der Waals surface area (Å²) in [6.07, 6.45) is 1.00. The third kappa shape index (κ3) is 5.05. The summed E-state index contributed by atoms with van der Waals surface area (Å²) in [5.41, 5.74) is 2.30. The van der Waals surface area contributed by atoms with Crippen LogP contribution in [-0.4, -0.2) is 17.2 Å². The minimum atomic E-state index is -0.789. The maximum absolute atomic E-state index is 13.6. The SMILES string of the molecule is [C-]#[N+]c1cccc(C(C(O)C2CC2)N(C(=O)Nc2ccc(Cl)cc2)c2ccc(Cl)cc2)c1. The highest BCUT2D eigenvalue weighted by atomic mass is 35.5. The molecule has 1 aliphatic carbocycles. The first-order valence-corrected chi connectivity index (χ1v) is 11.0. The van der Waals surface area contributed by atoms with Crippen molar-refractivity contribution in [3.63, 3.8) is 0 Å². The molecule has 1 aliphatic rings. The number of aliphatic hydroxyl groups excluding tert-OH is 1. The number of anilines is 2. The number of rotatable bonds is 6. The molecule has 4 rings (SSSR count). The predicted molar refractivity (Wildman–Crippen MR) is 129 cm³/mol. The number of halogens is 2. The van der Waals surface area contributed by atoms with Crippen molar-refractivity contribution in [2.75, 3.05) is 10.2 Å². The number of nitrogens with zero attached hydrogens (tertiary/aromatic N) is 2. The van der Waals surface area contributed by atoms with E-state index in [9.17, 15) is 9.90 Å². The summed E-state index contributed by atoms with van der Waals surface area (Å²) < 4.78 is 0. The zero-order valence-corrected chi connectivity index (χ0v) is 18.6. The highest BCUT2D eigenvalue weighted by Crippen LogP contribution is 2.43. The second kappa shape index (κ2) is 9.62. The van der Waals surface area contributed by atoms with Gasteiger partial charge in [-0.15, -0.1) is 0 Å². The van der Waals surface area contributed by atoms with Gasteiger partial charge >= 0.3 is 6.03 Å². The number of carbonyl (C=O) groups is 1. The molecule has 7 heteroatoms. The zero-order valence-electron chi connectivity index (χ0n) is 17.1. The largest absolute Gasteiger partial charge is 0.390 e. The van der Waals surface area contributed by atoms with Crippen LogP contribution in [0.2, 0.25) is 10.0 Å². The molecule has 2 amide bonds. The van der Waals surface area contributed by atoms with Crippen molar-refractivity contribution in [3.8, 4) is 0 Å². The first kappa shape index (κ1) is 22.2. The standard InChI is InChI=1S/C25H21Cl2N3O2/c1-28-21-4-2-3-17(15-21)23(24(31)16-5-6-16)30(22-13-9-19(27)10-14-22)25(32)29-20-11-7-18(26)8-12-20/h2-4,7-16,23-24,31H,5-6H2,(H,29,32). The second-order valence-corrected chi connectivity index (χ2v) is 8.64. The van der Waals surface area contributed by atoms with Gasteiger partial charge in [-0.25, -0.2) is 9.64 Å². The van der Waals surface area contributed by atoms with Gasteiger partial charge in [0.2, 0.25) is 0 Å². The number of carbonyl (C=O) groups excluding carboxylic acids is 1. The summed E-state index contributed by atoms with van der Waals surface area (Å²) in [6, 6.07) is 19.7. The van der Waals surface area contributed by atoms with E-state index in [-0.39, 0.29) is 5.92 Å². The van der Waals surface area contributed by atoms with Crippen LogP contribution >= 0.6 is 23.2 Å². The molecule has 2 N–H and O–H groups in total. The number of amides is 2. The van der Waals surface area contributed by atoms with Gasteiger partial charge in [0.15, 0.2) is 5.69 Å². The van der Waals surface area contributed by atoms with E-state index in [1.165, 1.54) is 4.90 Å². The first-order chi connectivity index (χ1) is 15.5. The lowest BCUT2D eigenvalue weighted by Gasteiger charge is -2.36. The molecule has 0 aliphatic heterocycles. The third-order valence-electron chi connectivity index (χ3n) is 5.47. The maximum atomic E-state index is 13.6. The lowest BCUT2D eigenvalue weighted by molar-refractivity contribution is 0.120.